The predicted octanol–water partition coefficient (Wildman–Crippen LogP) is 6.71. The van der Waals surface area contributed by atoms with Crippen LogP contribution in [-0.4, -0.2) is 0 Å². The van der Waals surface area contributed by atoms with E-state index < -0.39 is 0 Å². The van der Waals surface area contributed by atoms with Crippen LogP contribution in [0.15, 0.2) is 30.3 Å². The SMILES string of the molecule is ClCc1cccc(Cl)c1-c1ccc(Cl)c(Cl)c1Cl. The summed E-state index contributed by atoms with van der Waals surface area (Å²) >= 11 is 30.3. The summed E-state index contributed by atoms with van der Waals surface area (Å²) in [5, 5.41) is 1.68. The van der Waals surface area contributed by atoms with Gasteiger partial charge in [-0.25, -0.2) is 0 Å². The normalized spacial score (nSPS) is 10.7. The maximum absolute atomic E-state index is 6.22. The Hall–Kier alpha value is -0.110. The predicted molar refractivity (Wildman–Crippen MR) is 81.5 cm³/mol. The van der Waals surface area contributed by atoms with Gasteiger partial charge in [-0.3, -0.25) is 0 Å². The molecule has 0 unspecified atom stereocenters. The van der Waals surface area contributed by atoms with Crippen molar-refractivity contribution in [2.24, 2.45) is 0 Å². The molecule has 5 heteroatoms. The molecule has 0 saturated carbocycles. The summed E-state index contributed by atoms with van der Waals surface area (Å²) in [4.78, 5) is 0. The zero-order valence-corrected chi connectivity index (χ0v) is 12.8. The second-order valence-electron chi connectivity index (χ2n) is 3.63. The zero-order chi connectivity index (χ0) is 13.3. The Bertz CT molecular complexity index is 592. The molecular formula is C13H7Cl5. The quantitative estimate of drug-likeness (QED) is 0.421. The molecule has 0 nitrogen and oxygen atoms in total. The average molecular weight is 340 g/mol. The van der Waals surface area contributed by atoms with E-state index >= 15 is 0 Å². The van der Waals surface area contributed by atoms with Crippen molar-refractivity contribution in [2.45, 2.75) is 5.88 Å². The number of alkyl halides is 1. The summed E-state index contributed by atoms with van der Waals surface area (Å²) in [7, 11) is 0. The molecule has 2 aromatic carbocycles. The first-order valence-electron chi connectivity index (χ1n) is 5.03. The third kappa shape index (κ3) is 2.59. The fourth-order valence-corrected chi connectivity index (χ4v) is 2.85. The molecule has 0 aliphatic rings. The molecule has 0 spiro atoms. The highest BCUT2D eigenvalue weighted by Gasteiger charge is 2.15. The molecule has 0 aliphatic heterocycles. The van der Waals surface area contributed by atoms with Crippen molar-refractivity contribution < 1.29 is 0 Å². The maximum Gasteiger partial charge on any atom is 0.0784 e. The van der Waals surface area contributed by atoms with Gasteiger partial charge in [-0.2, -0.15) is 0 Å². The molecule has 0 atom stereocenters. The van der Waals surface area contributed by atoms with Gasteiger partial charge in [-0.05, 0) is 17.7 Å². The molecule has 0 radical (unpaired) electrons. The Labute approximate surface area is 130 Å². The van der Waals surface area contributed by atoms with Crippen molar-refractivity contribution in [2.75, 3.05) is 0 Å². The van der Waals surface area contributed by atoms with Gasteiger partial charge in [0.1, 0.15) is 0 Å². The van der Waals surface area contributed by atoms with Crippen LogP contribution in [-0.2, 0) is 5.88 Å². The molecular weight excluding hydrogens is 333 g/mol. The van der Waals surface area contributed by atoms with Crippen LogP contribution in [0.25, 0.3) is 11.1 Å². The monoisotopic (exact) mass is 338 g/mol. The Kier molecular flexibility index (Phi) is 4.69. The molecule has 0 aromatic heterocycles. The van der Waals surface area contributed by atoms with Gasteiger partial charge in [0.25, 0.3) is 0 Å². The number of halogens is 5. The molecule has 0 aliphatic carbocycles. The van der Waals surface area contributed by atoms with Crippen LogP contribution in [0.4, 0.5) is 0 Å². The van der Waals surface area contributed by atoms with Crippen molar-refractivity contribution >= 4 is 58.0 Å². The van der Waals surface area contributed by atoms with Crippen molar-refractivity contribution in [3.8, 4) is 11.1 Å². The van der Waals surface area contributed by atoms with Crippen LogP contribution >= 0.6 is 58.0 Å². The second-order valence-corrected chi connectivity index (χ2v) is 5.47. The number of benzene rings is 2. The van der Waals surface area contributed by atoms with Gasteiger partial charge in [0, 0.05) is 22.0 Å². The lowest BCUT2D eigenvalue weighted by Crippen LogP contribution is -1.89. The van der Waals surface area contributed by atoms with Crippen molar-refractivity contribution in [1.82, 2.24) is 0 Å². The minimum atomic E-state index is 0.316. The third-order valence-corrected chi connectivity index (χ3v) is 4.44. The van der Waals surface area contributed by atoms with Crippen molar-refractivity contribution in [3.05, 3.63) is 56.0 Å². The Balaban J connectivity index is 2.73. The standard InChI is InChI=1S/C13H7Cl5/c14-6-7-2-1-3-9(15)11(7)8-4-5-10(16)13(18)12(8)17/h1-5H,6H2. The average Bonchev–Trinajstić information content (AvgIpc) is 2.37. The highest BCUT2D eigenvalue weighted by atomic mass is 35.5. The highest BCUT2D eigenvalue weighted by Crippen LogP contribution is 2.42. The van der Waals surface area contributed by atoms with Crippen LogP contribution in [0.3, 0.4) is 0 Å². The van der Waals surface area contributed by atoms with Gasteiger partial charge in [0.15, 0.2) is 0 Å². The lowest BCUT2D eigenvalue weighted by Gasteiger charge is -2.12. The third-order valence-electron chi connectivity index (χ3n) is 2.55. The van der Waals surface area contributed by atoms with Gasteiger partial charge < -0.3 is 0 Å². The highest BCUT2D eigenvalue weighted by molar-refractivity contribution is 6.49. The maximum atomic E-state index is 6.22. The minimum Gasteiger partial charge on any atom is -0.122 e. The van der Waals surface area contributed by atoms with Gasteiger partial charge in [-0.1, -0.05) is 64.6 Å². The van der Waals surface area contributed by atoms with Gasteiger partial charge in [0.05, 0.1) is 15.1 Å². The molecule has 94 valence electrons. The first kappa shape index (κ1) is 14.3. The zero-order valence-electron chi connectivity index (χ0n) is 8.98. The molecule has 0 N–H and O–H groups in total. The molecule has 2 aromatic rings. The second kappa shape index (κ2) is 5.90. The minimum absolute atomic E-state index is 0.316. The molecule has 0 heterocycles. The lowest BCUT2D eigenvalue weighted by atomic mass is 10.0. The number of rotatable bonds is 2. The van der Waals surface area contributed by atoms with E-state index in [1.54, 1.807) is 18.2 Å². The summed E-state index contributed by atoms with van der Waals surface area (Å²) in [5.41, 5.74) is 2.41. The largest absolute Gasteiger partial charge is 0.122 e. The summed E-state index contributed by atoms with van der Waals surface area (Å²) in [6.45, 7) is 0. The summed E-state index contributed by atoms with van der Waals surface area (Å²) in [6.07, 6.45) is 0. The fourth-order valence-electron chi connectivity index (χ4n) is 1.70. The lowest BCUT2D eigenvalue weighted by molar-refractivity contribution is 1.40. The Morgan fingerprint density at radius 1 is 0.778 bits per heavy atom. The first-order valence-corrected chi connectivity index (χ1v) is 7.08. The number of hydrogen-bond donors (Lipinski definition) is 0. The molecule has 18 heavy (non-hydrogen) atoms. The van der Waals surface area contributed by atoms with Gasteiger partial charge in [0.2, 0.25) is 0 Å². The molecule has 0 saturated heterocycles. The van der Waals surface area contributed by atoms with E-state index in [0.29, 0.717) is 26.0 Å². The van der Waals surface area contributed by atoms with Gasteiger partial charge >= 0.3 is 0 Å². The van der Waals surface area contributed by atoms with E-state index in [1.807, 2.05) is 12.1 Å². The fraction of sp³-hybridized carbons (Fsp3) is 0.0769. The first-order chi connectivity index (χ1) is 8.56. The van der Waals surface area contributed by atoms with Crippen molar-refractivity contribution in [3.63, 3.8) is 0 Å². The molecule has 0 bridgehead atoms. The molecule has 0 amide bonds. The summed E-state index contributed by atoms with van der Waals surface area (Å²) in [6, 6.07) is 8.99. The van der Waals surface area contributed by atoms with Crippen molar-refractivity contribution in [1.29, 1.82) is 0 Å². The van der Waals surface area contributed by atoms with E-state index in [0.717, 1.165) is 16.7 Å². The van der Waals surface area contributed by atoms with E-state index in [2.05, 4.69) is 0 Å². The topological polar surface area (TPSA) is 0 Å². The van der Waals surface area contributed by atoms with E-state index in [9.17, 15) is 0 Å². The van der Waals surface area contributed by atoms with Crippen LogP contribution in [0.5, 0.6) is 0 Å². The Morgan fingerprint density at radius 2 is 1.50 bits per heavy atom. The molecule has 0 fully saturated rings. The van der Waals surface area contributed by atoms with Crippen LogP contribution in [0.2, 0.25) is 20.1 Å². The van der Waals surface area contributed by atoms with Crippen LogP contribution < -0.4 is 0 Å². The summed E-state index contributed by atoms with van der Waals surface area (Å²) in [5.74, 6) is 0.340. The molecule has 2 rings (SSSR count). The smallest absolute Gasteiger partial charge is 0.0784 e. The van der Waals surface area contributed by atoms with E-state index in [1.165, 1.54) is 0 Å². The van der Waals surface area contributed by atoms with E-state index in [-0.39, 0.29) is 0 Å². The van der Waals surface area contributed by atoms with E-state index in [4.69, 9.17) is 58.0 Å². The Morgan fingerprint density at radius 3 is 2.17 bits per heavy atom. The van der Waals surface area contributed by atoms with Gasteiger partial charge in [-0.15, -0.1) is 11.6 Å². The number of hydrogen-bond acceptors (Lipinski definition) is 0. The summed E-state index contributed by atoms with van der Waals surface area (Å²) < 4.78 is 0. The van der Waals surface area contributed by atoms with Crippen LogP contribution in [0, 0.1) is 0 Å². The van der Waals surface area contributed by atoms with Crippen LogP contribution in [0.1, 0.15) is 5.56 Å².